The number of rotatable bonds is 6. The molecule has 2 amide bonds. The molecule has 2 heterocycles. The molecule has 0 radical (unpaired) electrons. The van der Waals surface area contributed by atoms with Crippen molar-refractivity contribution in [1.82, 2.24) is 15.6 Å². The molecule has 0 spiro atoms. The van der Waals surface area contributed by atoms with Crippen LogP contribution in [0.1, 0.15) is 22.5 Å². The van der Waals surface area contributed by atoms with Crippen molar-refractivity contribution >= 4 is 23.2 Å². The fourth-order valence-electron chi connectivity index (χ4n) is 1.57. The lowest BCUT2D eigenvalue weighted by Crippen LogP contribution is -2.30. The van der Waals surface area contributed by atoms with Crippen molar-refractivity contribution in [2.75, 3.05) is 6.54 Å². The lowest BCUT2D eigenvalue weighted by Gasteiger charge is -2.05. The smallest absolute Gasteiger partial charge is 0.252 e. The Morgan fingerprint density at radius 3 is 2.80 bits per heavy atom. The Labute approximate surface area is 121 Å². The number of aromatic nitrogens is 1. The van der Waals surface area contributed by atoms with Crippen LogP contribution in [0.2, 0.25) is 0 Å². The van der Waals surface area contributed by atoms with Gasteiger partial charge in [-0.15, -0.1) is 0 Å². The quantitative estimate of drug-likeness (QED) is 0.848. The SMILES string of the molecule is O=C(CCNC(=O)c1ccsc1)NCc1ccccn1. The van der Waals surface area contributed by atoms with Gasteiger partial charge >= 0.3 is 0 Å². The van der Waals surface area contributed by atoms with E-state index in [0.29, 0.717) is 18.7 Å². The molecule has 0 fully saturated rings. The van der Waals surface area contributed by atoms with Gasteiger partial charge in [0.05, 0.1) is 12.2 Å². The fourth-order valence-corrected chi connectivity index (χ4v) is 2.20. The molecule has 2 rings (SSSR count). The number of thiophene rings is 1. The van der Waals surface area contributed by atoms with Crippen molar-refractivity contribution in [1.29, 1.82) is 0 Å². The Morgan fingerprint density at radius 1 is 1.20 bits per heavy atom. The lowest BCUT2D eigenvalue weighted by atomic mass is 10.3. The van der Waals surface area contributed by atoms with Crippen LogP contribution < -0.4 is 10.6 Å². The summed E-state index contributed by atoms with van der Waals surface area (Å²) >= 11 is 1.47. The third kappa shape index (κ3) is 4.47. The van der Waals surface area contributed by atoms with Crippen LogP contribution >= 0.6 is 11.3 Å². The molecule has 2 aromatic heterocycles. The topological polar surface area (TPSA) is 71.1 Å². The second-order valence-corrected chi connectivity index (χ2v) is 4.90. The van der Waals surface area contributed by atoms with Crippen LogP contribution in [0, 0.1) is 0 Å². The minimum Gasteiger partial charge on any atom is -0.351 e. The monoisotopic (exact) mass is 289 g/mol. The molecule has 0 aliphatic carbocycles. The first-order valence-electron chi connectivity index (χ1n) is 6.23. The zero-order valence-corrected chi connectivity index (χ0v) is 11.7. The molecular weight excluding hydrogens is 274 g/mol. The molecule has 0 atom stereocenters. The summed E-state index contributed by atoms with van der Waals surface area (Å²) < 4.78 is 0. The van der Waals surface area contributed by atoms with E-state index in [4.69, 9.17) is 0 Å². The van der Waals surface area contributed by atoms with E-state index in [2.05, 4.69) is 15.6 Å². The van der Waals surface area contributed by atoms with E-state index in [0.717, 1.165) is 5.69 Å². The molecule has 0 aliphatic heterocycles. The molecule has 0 saturated carbocycles. The number of nitrogens with one attached hydrogen (secondary N) is 2. The van der Waals surface area contributed by atoms with E-state index in [1.54, 1.807) is 17.6 Å². The second-order valence-electron chi connectivity index (χ2n) is 4.12. The number of amides is 2. The Morgan fingerprint density at radius 2 is 2.10 bits per heavy atom. The first kappa shape index (κ1) is 14.2. The van der Waals surface area contributed by atoms with Gasteiger partial charge in [-0.3, -0.25) is 14.6 Å². The molecule has 0 unspecified atom stereocenters. The average Bonchev–Trinajstić information content (AvgIpc) is 3.00. The van der Waals surface area contributed by atoms with Crippen molar-refractivity contribution < 1.29 is 9.59 Å². The first-order chi connectivity index (χ1) is 9.75. The van der Waals surface area contributed by atoms with Gasteiger partial charge in [0, 0.05) is 30.1 Å². The highest BCUT2D eigenvalue weighted by atomic mass is 32.1. The third-order valence-electron chi connectivity index (χ3n) is 2.61. The van der Waals surface area contributed by atoms with Crippen molar-refractivity contribution in [3.8, 4) is 0 Å². The molecule has 0 aliphatic rings. The maximum absolute atomic E-state index is 11.6. The van der Waals surface area contributed by atoms with Crippen molar-refractivity contribution in [3.05, 3.63) is 52.5 Å². The van der Waals surface area contributed by atoms with Gasteiger partial charge in [-0.1, -0.05) is 6.07 Å². The maximum Gasteiger partial charge on any atom is 0.252 e. The molecule has 5 nitrogen and oxygen atoms in total. The number of hydrogen-bond donors (Lipinski definition) is 2. The van der Waals surface area contributed by atoms with E-state index in [-0.39, 0.29) is 18.2 Å². The number of nitrogens with zero attached hydrogens (tertiary/aromatic N) is 1. The van der Waals surface area contributed by atoms with Crippen molar-refractivity contribution in [2.24, 2.45) is 0 Å². The zero-order chi connectivity index (χ0) is 14.2. The highest BCUT2D eigenvalue weighted by Gasteiger charge is 2.06. The summed E-state index contributed by atoms with van der Waals surface area (Å²) in [4.78, 5) is 27.3. The molecule has 0 bridgehead atoms. The highest BCUT2D eigenvalue weighted by molar-refractivity contribution is 7.08. The number of carbonyl (C=O) groups excluding carboxylic acids is 2. The van der Waals surface area contributed by atoms with Gasteiger partial charge < -0.3 is 10.6 Å². The molecule has 0 saturated heterocycles. The van der Waals surface area contributed by atoms with Crippen LogP contribution in [0.25, 0.3) is 0 Å². The summed E-state index contributed by atoms with van der Waals surface area (Å²) in [6.45, 7) is 0.723. The summed E-state index contributed by atoms with van der Waals surface area (Å²) in [6, 6.07) is 7.29. The van der Waals surface area contributed by atoms with Gasteiger partial charge in [-0.25, -0.2) is 0 Å². The standard InChI is InChI=1S/C14H15N3O2S/c18-13(17-9-12-3-1-2-6-15-12)4-7-16-14(19)11-5-8-20-10-11/h1-3,5-6,8,10H,4,7,9H2,(H,16,19)(H,17,18). The Hall–Kier alpha value is -2.21. The normalized spacial score (nSPS) is 10.0. The maximum atomic E-state index is 11.6. The van der Waals surface area contributed by atoms with E-state index in [9.17, 15) is 9.59 Å². The molecule has 2 N–H and O–H groups in total. The number of carbonyl (C=O) groups is 2. The minimum absolute atomic E-state index is 0.110. The molecule has 20 heavy (non-hydrogen) atoms. The molecule has 0 aromatic carbocycles. The predicted octanol–water partition coefficient (Wildman–Crippen LogP) is 1.58. The predicted molar refractivity (Wildman–Crippen MR) is 77.4 cm³/mol. The fraction of sp³-hybridized carbons (Fsp3) is 0.214. The summed E-state index contributed by atoms with van der Waals surface area (Å²) in [6.07, 6.45) is 1.94. The third-order valence-corrected chi connectivity index (χ3v) is 3.30. The van der Waals surface area contributed by atoms with Gasteiger partial charge in [0.15, 0.2) is 0 Å². The Balaban J connectivity index is 1.64. The molecule has 2 aromatic rings. The molecular formula is C14H15N3O2S. The van der Waals surface area contributed by atoms with E-state index in [1.165, 1.54) is 11.3 Å². The van der Waals surface area contributed by atoms with Crippen LogP contribution in [-0.2, 0) is 11.3 Å². The van der Waals surface area contributed by atoms with Gasteiger partial charge in [-0.05, 0) is 23.6 Å². The average molecular weight is 289 g/mol. The summed E-state index contributed by atoms with van der Waals surface area (Å²) in [5.41, 5.74) is 1.44. The zero-order valence-electron chi connectivity index (χ0n) is 10.8. The first-order valence-corrected chi connectivity index (χ1v) is 7.17. The lowest BCUT2D eigenvalue weighted by molar-refractivity contribution is -0.121. The summed E-state index contributed by atoms with van der Waals surface area (Å²) in [7, 11) is 0. The van der Waals surface area contributed by atoms with Crippen LogP contribution in [0.3, 0.4) is 0 Å². The van der Waals surface area contributed by atoms with Crippen LogP contribution in [0.15, 0.2) is 41.2 Å². The Bertz CT molecular complexity index is 555. The summed E-state index contributed by atoms with van der Waals surface area (Å²) in [5.74, 6) is -0.259. The van der Waals surface area contributed by atoms with E-state index < -0.39 is 0 Å². The van der Waals surface area contributed by atoms with Crippen LogP contribution in [0.5, 0.6) is 0 Å². The van der Waals surface area contributed by atoms with Crippen molar-refractivity contribution in [2.45, 2.75) is 13.0 Å². The van der Waals surface area contributed by atoms with Gasteiger partial charge in [0.2, 0.25) is 5.91 Å². The van der Waals surface area contributed by atoms with Crippen molar-refractivity contribution in [3.63, 3.8) is 0 Å². The van der Waals surface area contributed by atoms with Gasteiger partial charge in [0.25, 0.3) is 5.91 Å². The number of hydrogen-bond acceptors (Lipinski definition) is 4. The van der Waals surface area contributed by atoms with Gasteiger partial charge in [0.1, 0.15) is 0 Å². The molecule has 104 valence electrons. The Kier molecular flexibility index (Phi) is 5.25. The van der Waals surface area contributed by atoms with E-state index >= 15 is 0 Å². The van der Waals surface area contributed by atoms with Crippen LogP contribution in [-0.4, -0.2) is 23.3 Å². The van der Waals surface area contributed by atoms with E-state index in [1.807, 2.05) is 23.6 Å². The number of pyridine rings is 1. The minimum atomic E-state index is -0.149. The second kappa shape index (κ2) is 7.40. The summed E-state index contributed by atoms with van der Waals surface area (Å²) in [5, 5.41) is 9.08. The van der Waals surface area contributed by atoms with Crippen LogP contribution in [0.4, 0.5) is 0 Å². The highest BCUT2D eigenvalue weighted by Crippen LogP contribution is 2.05. The van der Waals surface area contributed by atoms with Gasteiger partial charge in [-0.2, -0.15) is 11.3 Å². The molecule has 6 heteroatoms. The largest absolute Gasteiger partial charge is 0.351 e.